The van der Waals surface area contributed by atoms with Gasteiger partial charge in [-0.15, -0.1) is 0 Å². The van der Waals surface area contributed by atoms with Gasteiger partial charge < -0.3 is 0 Å². The summed E-state index contributed by atoms with van der Waals surface area (Å²) in [5, 5.41) is 13.1. The molecule has 1 aromatic heterocycles. The number of hydrogen-bond donors (Lipinski definition) is 2. The molecule has 0 fully saturated rings. The molecular formula is C10H8N4O2. The Kier molecular flexibility index (Phi) is 2.44. The van der Waals surface area contributed by atoms with Crippen LogP contribution in [0.4, 0.5) is 0 Å². The first-order valence-corrected chi connectivity index (χ1v) is 4.57. The van der Waals surface area contributed by atoms with Gasteiger partial charge in [-0.1, -0.05) is 12.1 Å². The number of hydrogen-bond acceptors (Lipinski definition) is 3. The van der Waals surface area contributed by atoms with E-state index in [1.165, 1.54) is 0 Å². The summed E-state index contributed by atoms with van der Waals surface area (Å²) in [7, 11) is 0. The minimum absolute atomic E-state index is 0.146. The molecule has 0 amide bonds. The molecule has 0 unspecified atom stereocenters. The highest BCUT2D eigenvalue weighted by Crippen LogP contribution is 2.04. The van der Waals surface area contributed by atoms with Crippen molar-refractivity contribution >= 4 is 0 Å². The molecule has 0 bridgehead atoms. The van der Waals surface area contributed by atoms with Crippen LogP contribution >= 0.6 is 0 Å². The average Bonchev–Trinajstić information content (AvgIpc) is 2.61. The molecule has 0 aliphatic carbocycles. The zero-order valence-corrected chi connectivity index (χ0v) is 8.23. The lowest BCUT2D eigenvalue weighted by Gasteiger charge is -1.99. The Hall–Kier alpha value is -2.55. The quantitative estimate of drug-likeness (QED) is 0.726. The molecule has 2 aromatic rings. The maximum Gasteiger partial charge on any atom is 0.344 e. The van der Waals surface area contributed by atoms with Gasteiger partial charge in [0, 0.05) is 0 Å². The number of nitriles is 1. The van der Waals surface area contributed by atoms with E-state index < -0.39 is 11.4 Å². The molecule has 1 heterocycles. The van der Waals surface area contributed by atoms with Crippen molar-refractivity contribution < 1.29 is 0 Å². The van der Waals surface area contributed by atoms with Crippen molar-refractivity contribution in [3.63, 3.8) is 0 Å². The molecule has 0 radical (unpaired) electrons. The molecule has 0 aliphatic heterocycles. The summed E-state index contributed by atoms with van der Waals surface area (Å²) >= 11 is 0. The van der Waals surface area contributed by atoms with Crippen LogP contribution in [0.2, 0.25) is 0 Å². The SMILES string of the molecule is N#Cc1cccc(Cn2c(=O)[nH][nH]c2=O)c1. The third-order valence-electron chi connectivity index (χ3n) is 2.16. The molecule has 0 saturated heterocycles. The van der Waals surface area contributed by atoms with E-state index in [9.17, 15) is 9.59 Å². The maximum atomic E-state index is 11.2. The van der Waals surface area contributed by atoms with Gasteiger partial charge in [-0.3, -0.25) is 0 Å². The Bertz CT molecular complexity index is 629. The number of rotatable bonds is 2. The standard InChI is InChI=1S/C10H8N4O2/c11-5-7-2-1-3-8(4-7)6-14-9(15)12-13-10(14)16/h1-4H,6H2,(H,12,15)(H,13,16). The van der Waals surface area contributed by atoms with E-state index in [2.05, 4.69) is 10.2 Å². The molecule has 0 saturated carbocycles. The van der Waals surface area contributed by atoms with Gasteiger partial charge in [-0.05, 0) is 17.7 Å². The van der Waals surface area contributed by atoms with Crippen LogP contribution in [0.1, 0.15) is 11.1 Å². The van der Waals surface area contributed by atoms with Gasteiger partial charge in [0.2, 0.25) is 0 Å². The lowest BCUT2D eigenvalue weighted by Crippen LogP contribution is -2.26. The lowest BCUT2D eigenvalue weighted by molar-refractivity contribution is 0.733. The van der Waals surface area contributed by atoms with Gasteiger partial charge in [0.1, 0.15) is 0 Å². The van der Waals surface area contributed by atoms with Crippen molar-refractivity contribution in [1.29, 1.82) is 5.26 Å². The number of H-pyrrole nitrogens is 2. The van der Waals surface area contributed by atoms with Crippen LogP contribution in [-0.2, 0) is 6.54 Å². The van der Waals surface area contributed by atoms with E-state index in [1.54, 1.807) is 24.3 Å². The first-order chi connectivity index (χ1) is 7.70. The molecule has 16 heavy (non-hydrogen) atoms. The minimum atomic E-state index is -0.493. The molecule has 6 heteroatoms. The van der Waals surface area contributed by atoms with Gasteiger partial charge in [0.25, 0.3) is 0 Å². The second-order valence-electron chi connectivity index (χ2n) is 3.26. The Morgan fingerprint density at radius 2 is 1.94 bits per heavy atom. The van der Waals surface area contributed by atoms with Crippen LogP contribution in [0.25, 0.3) is 0 Å². The van der Waals surface area contributed by atoms with E-state index >= 15 is 0 Å². The smallest absolute Gasteiger partial charge is 0.247 e. The molecular weight excluding hydrogens is 208 g/mol. The van der Waals surface area contributed by atoms with Gasteiger partial charge in [0.15, 0.2) is 0 Å². The van der Waals surface area contributed by atoms with Crippen molar-refractivity contribution in [3.8, 4) is 6.07 Å². The zero-order valence-electron chi connectivity index (χ0n) is 8.23. The first-order valence-electron chi connectivity index (χ1n) is 4.57. The fraction of sp³-hybridized carbons (Fsp3) is 0.100. The third-order valence-corrected chi connectivity index (χ3v) is 2.16. The molecule has 2 rings (SSSR count). The predicted molar refractivity (Wildman–Crippen MR) is 55.9 cm³/mol. The van der Waals surface area contributed by atoms with Crippen molar-refractivity contribution in [2.75, 3.05) is 0 Å². The van der Waals surface area contributed by atoms with Gasteiger partial charge in [-0.25, -0.2) is 24.4 Å². The van der Waals surface area contributed by atoms with Crippen LogP contribution in [0.3, 0.4) is 0 Å². The summed E-state index contributed by atoms with van der Waals surface area (Å²) in [5.74, 6) is 0. The molecule has 0 aliphatic rings. The van der Waals surface area contributed by atoms with E-state index in [0.717, 1.165) is 10.1 Å². The summed E-state index contributed by atoms with van der Waals surface area (Å²) in [6.07, 6.45) is 0. The fourth-order valence-electron chi connectivity index (χ4n) is 1.40. The molecule has 0 spiro atoms. The topological polar surface area (TPSA) is 94.4 Å². The van der Waals surface area contributed by atoms with E-state index in [0.29, 0.717) is 5.56 Å². The largest absolute Gasteiger partial charge is 0.344 e. The Morgan fingerprint density at radius 1 is 1.25 bits per heavy atom. The lowest BCUT2D eigenvalue weighted by atomic mass is 10.1. The Morgan fingerprint density at radius 3 is 2.56 bits per heavy atom. The maximum absolute atomic E-state index is 11.2. The van der Waals surface area contributed by atoms with Crippen molar-refractivity contribution in [2.24, 2.45) is 0 Å². The van der Waals surface area contributed by atoms with Crippen LogP contribution < -0.4 is 11.4 Å². The second kappa shape index (κ2) is 3.90. The monoisotopic (exact) mass is 216 g/mol. The molecule has 80 valence electrons. The highest BCUT2D eigenvalue weighted by molar-refractivity contribution is 5.32. The number of aromatic amines is 2. The fourth-order valence-corrected chi connectivity index (χ4v) is 1.40. The van der Waals surface area contributed by atoms with Crippen molar-refractivity contribution in [1.82, 2.24) is 14.8 Å². The number of benzene rings is 1. The van der Waals surface area contributed by atoms with Crippen LogP contribution in [0.15, 0.2) is 33.9 Å². The van der Waals surface area contributed by atoms with E-state index in [1.807, 2.05) is 6.07 Å². The molecule has 0 atom stereocenters. The zero-order chi connectivity index (χ0) is 11.5. The van der Waals surface area contributed by atoms with Crippen LogP contribution in [0, 0.1) is 11.3 Å². The van der Waals surface area contributed by atoms with Crippen LogP contribution in [0.5, 0.6) is 0 Å². The molecule has 1 aromatic carbocycles. The van der Waals surface area contributed by atoms with Crippen LogP contribution in [-0.4, -0.2) is 14.8 Å². The summed E-state index contributed by atoms with van der Waals surface area (Å²) in [6.45, 7) is 0.146. The average molecular weight is 216 g/mol. The minimum Gasteiger partial charge on any atom is -0.247 e. The highest BCUT2D eigenvalue weighted by atomic mass is 16.2. The Balaban J connectivity index is 2.38. The second-order valence-corrected chi connectivity index (χ2v) is 3.26. The summed E-state index contributed by atoms with van der Waals surface area (Å²) < 4.78 is 1.02. The first kappa shape index (κ1) is 9.98. The number of aromatic nitrogens is 3. The van der Waals surface area contributed by atoms with E-state index in [4.69, 9.17) is 5.26 Å². The van der Waals surface area contributed by atoms with Crippen molar-refractivity contribution in [2.45, 2.75) is 6.54 Å². The highest BCUT2D eigenvalue weighted by Gasteiger charge is 2.03. The van der Waals surface area contributed by atoms with Gasteiger partial charge >= 0.3 is 11.4 Å². The van der Waals surface area contributed by atoms with Gasteiger partial charge in [0.05, 0.1) is 18.2 Å². The summed E-state index contributed by atoms with van der Waals surface area (Å²) in [4.78, 5) is 22.4. The Labute approximate surface area is 89.8 Å². The number of nitrogens with one attached hydrogen (secondary N) is 2. The predicted octanol–water partition coefficient (Wildman–Crippen LogP) is -0.215. The molecule has 6 nitrogen and oxygen atoms in total. The normalized spacial score (nSPS) is 9.94. The van der Waals surface area contributed by atoms with Gasteiger partial charge in [-0.2, -0.15) is 5.26 Å². The van der Waals surface area contributed by atoms with E-state index in [-0.39, 0.29) is 6.54 Å². The summed E-state index contributed by atoms with van der Waals surface area (Å²) in [6, 6.07) is 8.75. The number of nitrogens with zero attached hydrogens (tertiary/aromatic N) is 2. The summed E-state index contributed by atoms with van der Waals surface area (Å²) in [5.41, 5.74) is 0.239. The molecule has 2 N–H and O–H groups in total. The van der Waals surface area contributed by atoms with Crippen molar-refractivity contribution in [3.05, 3.63) is 56.4 Å². The third kappa shape index (κ3) is 1.79.